The predicted octanol–water partition coefficient (Wildman–Crippen LogP) is 3.02. The van der Waals surface area contributed by atoms with Gasteiger partial charge in [0.25, 0.3) is 5.91 Å². The van der Waals surface area contributed by atoms with E-state index in [9.17, 15) is 27.9 Å². The van der Waals surface area contributed by atoms with Crippen LogP contribution in [0.1, 0.15) is 37.6 Å². The van der Waals surface area contributed by atoms with E-state index in [1.807, 2.05) is 20.8 Å². The summed E-state index contributed by atoms with van der Waals surface area (Å²) in [5.74, 6) is -1.91. The lowest BCUT2D eigenvalue weighted by Gasteiger charge is -2.21. The van der Waals surface area contributed by atoms with Gasteiger partial charge in [-0.1, -0.05) is 0 Å². The second kappa shape index (κ2) is 8.88. The van der Waals surface area contributed by atoms with Crippen molar-refractivity contribution >= 4 is 11.9 Å². The highest BCUT2D eigenvalue weighted by atomic mass is 19.4. The van der Waals surface area contributed by atoms with Crippen LogP contribution in [0, 0.1) is 0 Å². The second-order valence-electron chi connectivity index (χ2n) is 6.54. The van der Waals surface area contributed by atoms with Gasteiger partial charge in [0.05, 0.1) is 5.60 Å². The molecule has 0 aliphatic carbocycles. The summed E-state index contributed by atoms with van der Waals surface area (Å²) in [7, 11) is 0. The highest BCUT2D eigenvalue weighted by molar-refractivity contribution is 5.96. The molecule has 0 aliphatic heterocycles. The fraction of sp³-hybridized carbons (Fsp3) is 0.529. The minimum absolute atomic E-state index is 0.0489. The molecule has 1 atom stereocenters. The molecule has 0 saturated carbocycles. The lowest BCUT2D eigenvalue weighted by molar-refractivity contribution is -0.153. The number of rotatable bonds is 8. The summed E-state index contributed by atoms with van der Waals surface area (Å²) in [4.78, 5) is 23.4. The Morgan fingerprint density at radius 1 is 1.15 bits per heavy atom. The molecular formula is C17H22F3NO5. The first kappa shape index (κ1) is 21.8. The lowest BCUT2D eigenvalue weighted by atomic mass is 10.1. The maximum absolute atomic E-state index is 12.1. The van der Waals surface area contributed by atoms with Crippen molar-refractivity contribution in [1.29, 1.82) is 0 Å². The van der Waals surface area contributed by atoms with Crippen molar-refractivity contribution in [3.05, 3.63) is 29.8 Å². The molecule has 0 radical (unpaired) electrons. The van der Waals surface area contributed by atoms with Gasteiger partial charge in [0.15, 0.2) is 6.61 Å². The van der Waals surface area contributed by atoms with Crippen LogP contribution < -0.4 is 10.1 Å². The zero-order valence-electron chi connectivity index (χ0n) is 14.7. The van der Waals surface area contributed by atoms with Crippen LogP contribution in [0.2, 0.25) is 0 Å². The van der Waals surface area contributed by atoms with Crippen LogP contribution in [0.3, 0.4) is 0 Å². The van der Waals surface area contributed by atoms with Crippen molar-refractivity contribution < 1.29 is 37.3 Å². The summed E-state index contributed by atoms with van der Waals surface area (Å²) < 4.78 is 46.3. The van der Waals surface area contributed by atoms with Gasteiger partial charge < -0.3 is 19.9 Å². The van der Waals surface area contributed by atoms with E-state index in [0.29, 0.717) is 0 Å². The Kier molecular flexibility index (Phi) is 7.43. The minimum atomic E-state index is -4.46. The highest BCUT2D eigenvalue weighted by Gasteiger charge is 2.28. The van der Waals surface area contributed by atoms with Crippen LogP contribution in [-0.2, 0) is 9.53 Å². The Morgan fingerprint density at radius 2 is 1.73 bits per heavy atom. The largest absolute Gasteiger partial charge is 0.484 e. The number of halogens is 3. The number of benzene rings is 1. The highest BCUT2D eigenvalue weighted by Crippen LogP contribution is 2.19. The van der Waals surface area contributed by atoms with Crippen LogP contribution in [-0.4, -0.2) is 48.0 Å². The monoisotopic (exact) mass is 377 g/mol. The normalized spacial score (nSPS) is 13.2. The molecule has 26 heavy (non-hydrogen) atoms. The average Bonchev–Trinajstić information content (AvgIpc) is 2.50. The molecule has 6 nitrogen and oxygen atoms in total. The SMILES string of the molecule is CC(C)(C)OCCC(NC(=O)c1ccc(OCC(F)(F)F)cc1)C(=O)O. The molecule has 1 unspecified atom stereocenters. The van der Waals surface area contributed by atoms with Gasteiger partial charge >= 0.3 is 12.1 Å². The van der Waals surface area contributed by atoms with Crippen LogP contribution in [0.5, 0.6) is 5.75 Å². The van der Waals surface area contributed by atoms with Gasteiger partial charge in [0, 0.05) is 18.6 Å². The summed E-state index contributed by atoms with van der Waals surface area (Å²) in [5, 5.41) is 11.5. The fourth-order valence-electron chi connectivity index (χ4n) is 1.85. The van der Waals surface area contributed by atoms with E-state index in [4.69, 9.17) is 4.74 Å². The Hall–Kier alpha value is -2.29. The third-order valence-electron chi connectivity index (χ3n) is 3.06. The summed E-state index contributed by atoms with van der Waals surface area (Å²) in [6.45, 7) is 4.18. The van der Waals surface area contributed by atoms with Crippen molar-refractivity contribution in [2.24, 2.45) is 0 Å². The van der Waals surface area contributed by atoms with Crippen molar-refractivity contribution in [3.8, 4) is 5.75 Å². The zero-order chi connectivity index (χ0) is 20.0. The Morgan fingerprint density at radius 3 is 2.19 bits per heavy atom. The fourth-order valence-corrected chi connectivity index (χ4v) is 1.85. The number of hydrogen-bond acceptors (Lipinski definition) is 4. The third kappa shape index (κ3) is 8.70. The topological polar surface area (TPSA) is 84.9 Å². The number of carboxylic acid groups (broad SMARTS) is 1. The molecule has 9 heteroatoms. The standard InChI is InChI=1S/C17H22F3NO5/c1-16(2,3)26-9-8-13(15(23)24)21-14(22)11-4-6-12(7-5-11)25-10-17(18,19)20/h4-7,13H,8-10H2,1-3H3,(H,21,22)(H,23,24). The number of nitrogens with one attached hydrogen (secondary N) is 1. The van der Waals surface area contributed by atoms with E-state index in [1.54, 1.807) is 0 Å². The molecule has 0 aromatic heterocycles. The maximum Gasteiger partial charge on any atom is 0.422 e. The molecule has 0 bridgehead atoms. The van der Waals surface area contributed by atoms with E-state index in [2.05, 4.69) is 10.1 Å². The zero-order valence-corrected chi connectivity index (χ0v) is 14.7. The quantitative estimate of drug-likeness (QED) is 0.728. The first-order valence-electron chi connectivity index (χ1n) is 7.84. The molecule has 0 aliphatic rings. The molecule has 1 aromatic rings. The number of ether oxygens (including phenoxy) is 2. The number of carbonyl (C=O) groups excluding carboxylic acids is 1. The van der Waals surface area contributed by atoms with Crippen molar-refractivity contribution in [3.63, 3.8) is 0 Å². The van der Waals surface area contributed by atoms with Crippen LogP contribution >= 0.6 is 0 Å². The summed E-state index contributed by atoms with van der Waals surface area (Å²) in [5.41, 5.74) is -0.327. The van der Waals surface area contributed by atoms with Crippen LogP contribution in [0.25, 0.3) is 0 Å². The minimum Gasteiger partial charge on any atom is -0.484 e. The molecule has 146 valence electrons. The van der Waals surface area contributed by atoms with Crippen molar-refractivity contribution in [2.45, 2.75) is 45.0 Å². The number of amides is 1. The van der Waals surface area contributed by atoms with Crippen LogP contribution in [0.4, 0.5) is 13.2 Å². The van der Waals surface area contributed by atoms with E-state index in [-0.39, 0.29) is 24.3 Å². The number of aliphatic carboxylic acids is 1. The first-order valence-corrected chi connectivity index (χ1v) is 7.84. The van der Waals surface area contributed by atoms with E-state index < -0.39 is 36.3 Å². The van der Waals surface area contributed by atoms with E-state index in [0.717, 1.165) is 0 Å². The summed E-state index contributed by atoms with van der Waals surface area (Å²) in [6, 6.07) is 3.78. The first-order chi connectivity index (χ1) is 11.9. The van der Waals surface area contributed by atoms with Gasteiger partial charge in [-0.25, -0.2) is 4.79 Å². The Bertz CT molecular complexity index is 608. The second-order valence-corrected chi connectivity index (χ2v) is 6.54. The lowest BCUT2D eigenvalue weighted by Crippen LogP contribution is -2.42. The van der Waals surface area contributed by atoms with Crippen LogP contribution in [0.15, 0.2) is 24.3 Å². The molecule has 0 fully saturated rings. The Labute approximate surface area is 149 Å². The predicted molar refractivity (Wildman–Crippen MR) is 87.2 cm³/mol. The average molecular weight is 377 g/mol. The van der Waals surface area contributed by atoms with Gasteiger partial charge in [0.2, 0.25) is 0 Å². The number of alkyl halides is 3. The number of hydrogen-bond donors (Lipinski definition) is 2. The van der Waals surface area contributed by atoms with Gasteiger partial charge in [-0.3, -0.25) is 4.79 Å². The smallest absolute Gasteiger partial charge is 0.422 e. The van der Waals surface area contributed by atoms with E-state index in [1.165, 1.54) is 24.3 Å². The third-order valence-corrected chi connectivity index (χ3v) is 3.06. The molecule has 1 amide bonds. The van der Waals surface area contributed by atoms with Gasteiger partial charge in [0.1, 0.15) is 11.8 Å². The van der Waals surface area contributed by atoms with Gasteiger partial charge in [-0.05, 0) is 45.0 Å². The molecule has 1 rings (SSSR count). The number of carboxylic acids is 1. The van der Waals surface area contributed by atoms with Crippen molar-refractivity contribution in [1.82, 2.24) is 5.32 Å². The molecule has 0 saturated heterocycles. The van der Waals surface area contributed by atoms with Gasteiger partial charge in [-0.2, -0.15) is 13.2 Å². The van der Waals surface area contributed by atoms with E-state index >= 15 is 0 Å². The molecule has 2 N–H and O–H groups in total. The number of carbonyl (C=O) groups is 2. The molecule has 0 spiro atoms. The summed E-state index contributed by atoms with van der Waals surface area (Å²) >= 11 is 0. The van der Waals surface area contributed by atoms with Gasteiger partial charge in [-0.15, -0.1) is 0 Å². The molecular weight excluding hydrogens is 355 g/mol. The Balaban J connectivity index is 2.62. The summed E-state index contributed by atoms with van der Waals surface area (Å²) in [6.07, 6.45) is -4.38. The van der Waals surface area contributed by atoms with Crippen molar-refractivity contribution in [2.75, 3.05) is 13.2 Å². The molecule has 1 aromatic carbocycles. The molecule has 0 heterocycles. The maximum atomic E-state index is 12.1.